The first-order chi connectivity index (χ1) is 8.22. The summed E-state index contributed by atoms with van der Waals surface area (Å²) in [5.74, 6) is -0.222. The number of nitrogens with zero attached hydrogens (tertiary/aromatic N) is 3. The SMILES string of the molecule is Nc1ncc(F)c(N(CCO)C2CCCC2)n1. The first-order valence-corrected chi connectivity index (χ1v) is 5.88. The Hall–Kier alpha value is -1.43. The van der Waals surface area contributed by atoms with Gasteiger partial charge in [0.2, 0.25) is 5.95 Å². The number of aliphatic hydroxyl groups is 1. The molecule has 3 N–H and O–H groups in total. The van der Waals surface area contributed by atoms with Gasteiger partial charge in [-0.15, -0.1) is 0 Å². The summed E-state index contributed by atoms with van der Waals surface area (Å²) in [6, 6.07) is 0.242. The fourth-order valence-electron chi connectivity index (χ4n) is 2.36. The van der Waals surface area contributed by atoms with E-state index in [1.807, 2.05) is 0 Å². The van der Waals surface area contributed by atoms with Gasteiger partial charge in [0.15, 0.2) is 11.6 Å². The van der Waals surface area contributed by atoms with Crippen LogP contribution in [0.3, 0.4) is 0 Å². The summed E-state index contributed by atoms with van der Waals surface area (Å²) in [6.45, 7) is 0.345. The van der Waals surface area contributed by atoms with E-state index in [4.69, 9.17) is 10.8 Å². The van der Waals surface area contributed by atoms with Crippen molar-refractivity contribution in [1.29, 1.82) is 0 Å². The van der Waals surface area contributed by atoms with Crippen molar-refractivity contribution in [1.82, 2.24) is 9.97 Å². The summed E-state index contributed by atoms with van der Waals surface area (Å²) in [6.07, 6.45) is 5.35. The largest absolute Gasteiger partial charge is 0.395 e. The molecule has 1 aliphatic carbocycles. The highest BCUT2D eigenvalue weighted by molar-refractivity contribution is 5.43. The maximum Gasteiger partial charge on any atom is 0.222 e. The molecule has 94 valence electrons. The van der Waals surface area contributed by atoms with Gasteiger partial charge in [-0.05, 0) is 12.8 Å². The first kappa shape index (κ1) is 12.0. The van der Waals surface area contributed by atoms with Crippen molar-refractivity contribution < 1.29 is 9.50 Å². The average molecular weight is 240 g/mol. The molecule has 1 saturated carbocycles. The smallest absolute Gasteiger partial charge is 0.222 e. The molecule has 1 fully saturated rings. The molecule has 0 unspecified atom stereocenters. The number of hydrogen-bond donors (Lipinski definition) is 2. The van der Waals surface area contributed by atoms with Crippen LogP contribution >= 0.6 is 0 Å². The number of aromatic nitrogens is 2. The van der Waals surface area contributed by atoms with Crippen LogP contribution in [-0.4, -0.2) is 34.3 Å². The molecular weight excluding hydrogens is 223 g/mol. The van der Waals surface area contributed by atoms with E-state index < -0.39 is 5.82 Å². The summed E-state index contributed by atoms with van der Waals surface area (Å²) in [5, 5.41) is 9.08. The minimum Gasteiger partial charge on any atom is -0.395 e. The van der Waals surface area contributed by atoms with E-state index in [9.17, 15) is 4.39 Å². The highest BCUT2D eigenvalue weighted by Crippen LogP contribution is 2.28. The predicted octanol–water partition coefficient (Wildman–Crippen LogP) is 0.939. The molecule has 5 nitrogen and oxygen atoms in total. The summed E-state index contributed by atoms with van der Waals surface area (Å²) < 4.78 is 13.7. The van der Waals surface area contributed by atoms with Gasteiger partial charge in [0.05, 0.1) is 12.8 Å². The molecule has 6 heteroatoms. The van der Waals surface area contributed by atoms with Crippen LogP contribution in [-0.2, 0) is 0 Å². The van der Waals surface area contributed by atoms with Crippen LogP contribution in [0.4, 0.5) is 16.2 Å². The summed E-state index contributed by atoms with van der Waals surface area (Å²) >= 11 is 0. The molecule has 0 aliphatic heterocycles. The minimum atomic E-state index is -0.487. The quantitative estimate of drug-likeness (QED) is 0.819. The summed E-state index contributed by atoms with van der Waals surface area (Å²) in [4.78, 5) is 9.36. The maximum atomic E-state index is 13.7. The van der Waals surface area contributed by atoms with Gasteiger partial charge in [-0.2, -0.15) is 4.98 Å². The molecule has 0 bridgehead atoms. The molecule has 17 heavy (non-hydrogen) atoms. The van der Waals surface area contributed by atoms with Crippen LogP contribution in [0.15, 0.2) is 6.20 Å². The third kappa shape index (κ3) is 2.63. The van der Waals surface area contributed by atoms with E-state index in [-0.39, 0.29) is 24.4 Å². The average Bonchev–Trinajstić information content (AvgIpc) is 2.83. The number of halogens is 1. The Morgan fingerprint density at radius 3 is 2.82 bits per heavy atom. The molecule has 0 radical (unpaired) electrons. The second kappa shape index (κ2) is 5.27. The van der Waals surface area contributed by atoms with E-state index in [2.05, 4.69) is 9.97 Å². The van der Waals surface area contributed by atoms with Crippen LogP contribution in [0, 0.1) is 5.82 Å². The van der Waals surface area contributed by atoms with Crippen LogP contribution in [0.25, 0.3) is 0 Å². The van der Waals surface area contributed by atoms with E-state index in [0.29, 0.717) is 6.54 Å². The molecule has 1 aromatic rings. The third-order valence-corrected chi connectivity index (χ3v) is 3.12. The van der Waals surface area contributed by atoms with Crippen molar-refractivity contribution in [3.05, 3.63) is 12.0 Å². The lowest BCUT2D eigenvalue weighted by Crippen LogP contribution is -2.37. The number of rotatable bonds is 4. The number of aliphatic hydroxyl groups excluding tert-OH is 1. The van der Waals surface area contributed by atoms with Crippen molar-refractivity contribution in [2.24, 2.45) is 0 Å². The monoisotopic (exact) mass is 240 g/mol. The highest BCUT2D eigenvalue weighted by atomic mass is 19.1. The van der Waals surface area contributed by atoms with Gasteiger partial charge >= 0.3 is 0 Å². The Balaban J connectivity index is 2.27. The number of nitrogen functional groups attached to an aromatic ring is 1. The van der Waals surface area contributed by atoms with Gasteiger partial charge in [-0.25, -0.2) is 9.37 Å². The second-order valence-electron chi connectivity index (χ2n) is 4.26. The Bertz CT molecular complexity index is 382. The molecule has 0 saturated heterocycles. The second-order valence-corrected chi connectivity index (χ2v) is 4.26. The summed E-state index contributed by atoms with van der Waals surface area (Å²) in [5.41, 5.74) is 5.48. The fraction of sp³-hybridized carbons (Fsp3) is 0.636. The van der Waals surface area contributed by atoms with Crippen LogP contribution in [0.2, 0.25) is 0 Å². The Kier molecular flexibility index (Phi) is 3.73. The standard InChI is InChI=1S/C11H17FN4O/c12-9-7-14-11(13)15-10(9)16(5-6-17)8-3-1-2-4-8/h7-8,17H,1-6H2,(H2,13,14,15). The lowest BCUT2D eigenvalue weighted by molar-refractivity contribution is 0.296. The molecule has 1 heterocycles. The van der Waals surface area contributed by atoms with E-state index in [0.717, 1.165) is 31.9 Å². The minimum absolute atomic E-state index is 0.0279. The molecule has 0 atom stereocenters. The van der Waals surface area contributed by atoms with E-state index >= 15 is 0 Å². The zero-order valence-electron chi connectivity index (χ0n) is 9.64. The van der Waals surface area contributed by atoms with Gasteiger partial charge < -0.3 is 15.7 Å². The van der Waals surface area contributed by atoms with E-state index in [1.165, 1.54) is 0 Å². The predicted molar refractivity (Wildman–Crippen MR) is 63.1 cm³/mol. The Morgan fingerprint density at radius 2 is 2.18 bits per heavy atom. The van der Waals surface area contributed by atoms with Gasteiger partial charge in [0.1, 0.15) is 0 Å². The van der Waals surface area contributed by atoms with Crippen molar-refractivity contribution in [3.8, 4) is 0 Å². The Labute approximate surface area is 99.5 Å². The van der Waals surface area contributed by atoms with Gasteiger partial charge in [-0.3, -0.25) is 0 Å². The molecule has 2 rings (SSSR count). The zero-order valence-corrected chi connectivity index (χ0v) is 9.64. The lowest BCUT2D eigenvalue weighted by atomic mass is 10.2. The van der Waals surface area contributed by atoms with Crippen LogP contribution < -0.4 is 10.6 Å². The molecule has 0 aromatic carbocycles. The van der Waals surface area contributed by atoms with Gasteiger partial charge in [0, 0.05) is 12.6 Å². The molecule has 0 amide bonds. The maximum absolute atomic E-state index is 13.7. The van der Waals surface area contributed by atoms with E-state index in [1.54, 1.807) is 4.90 Å². The van der Waals surface area contributed by atoms with Crippen molar-refractivity contribution in [2.75, 3.05) is 23.8 Å². The number of nitrogens with two attached hydrogens (primary N) is 1. The van der Waals surface area contributed by atoms with Crippen molar-refractivity contribution in [3.63, 3.8) is 0 Å². The fourth-order valence-corrected chi connectivity index (χ4v) is 2.36. The van der Waals surface area contributed by atoms with Crippen LogP contribution in [0.1, 0.15) is 25.7 Å². The molecule has 1 aromatic heterocycles. The van der Waals surface area contributed by atoms with Crippen molar-refractivity contribution >= 4 is 11.8 Å². The lowest BCUT2D eigenvalue weighted by Gasteiger charge is -2.29. The summed E-state index contributed by atoms with van der Waals surface area (Å²) in [7, 11) is 0. The van der Waals surface area contributed by atoms with Crippen LogP contribution in [0.5, 0.6) is 0 Å². The number of anilines is 2. The number of hydrogen-bond acceptors (Lipinski definition) is 5. The van der Waals surface area contributed by atoms with Gasteiger partial charge in [-0.1, -0.05) is 12.8 Å². The highest BCUT2D eigenvalue weighted by Gasteiger charge is 2.25. The zero-order chi connectivity index (χ0) is 12.3. The first-order valence-electron chi connectivity index (χ1n) is 5.88. The Morgan fingerprint density at radius 1 is 1.47 bits per heavy atom. The third-order valence-electron chi connectivity index (χ3n) is 3.12. The normalized spacial score (nSPS) is 16.4. The topological polar surface area (TPSA) is 75.3 Å². The molecule has 0 spiro atoms. The van der Waals surface area contributed by atoms with Crippen molar-refractivity contribution in [2.45, 2.75) is 31.7 Å². The molecule has 1 aliphatic rings. The van der Waals surface area contributed by atoms with Gasteiger partial charge in [0.25, 0.3) is 0 Å². The molecular formula is C11H17FN4O.